The predicted molar refractivity (Wildman–Crippen MR) is 86.9 cm³/mol. The summed E-state index contributed by atoms with van der Waals surface area (Å²) >= 11 is 0. The molecule has 4 heterocycles. The number of likely N-dealkylation sites (tertiary alicyclic amines) is 2. The van der Waals surface area contributed by atoms with Crippen molar-refractivity contribution in [3.05, 3.63) is 29.6 Å². The number of carbonyl (C=O) groups excluding carboxylic acids is 1. The molecule has 5 heteroatoms. The highest BCUT2D eigenvalue weighted by atomic mass is 16.5. The smallest absolute Gasteiger partial charge is 0.223 e. The van der Waals surface area contributed by atoms with Gasteiger partial charge in [-0.2, -0.15) is 0 Å². The number of amides is 1. The van der Waals surface area contributed by atoms with E-state index in [2.05, 4.69) is 14.8 Å². The fraction of sp³-hybridized carbons (Fsp3) is 0.667. The van der Waals surface area contributed by atoms with E-state index in [4.69, 9.17) is 4.74 Å². The van der Waals surface area contributed by atoms with Gasteiger partial charge in [-0.1, -0.05) is 6.07 Å². The zero-order valence-electron chi connectivity index (χ0n) is 13.8. The van der Waals surface area contributed by atoms with Gasteiger partial charge in [-0.25, -0.2) is 0 Å². The number of rotatable bonds is 3. The molecule has 0 saturated carbocycles. The molecule has 5 nitrogen and oxygen atoms in total. The molecule has 3 atom stereocenters. The lowest BCUT2D eigenvalue weighted by atomic mass is 9.95. The van der Waals surface area contributed by atoms with Crippen LogP contribution in [0.3, 0.4) is 0 Å². The van der Waals surface area contributed by atoms with Crippen molar-refractivity contribution in [1.29, 1.82) is 0 Å². The van der Waals surface area contributed by atoms with Gasteiger partial charge in [0.15, 0.2) is 0 Å². The molecule has 0 radical (unpaired) electrons. The number of nitrogens with zero attached hydrogens (tertiary/aromatic N) is 3. The molecule has 0 N–H and O–H groups in total. The zero-order chi connectivity index (χ0) is 15.8. The molecule has 0 aromatic carbocycles. The van der Waals surface area contributed by atoms with Gasteiger partial charge < -0.3 is 9.64 Å². The summed E-state index contributed by atoms with van der Waals surface area (Å²) in [6.45, 7) is 5.48. The highest BCUT2D eigenvalue weighted by Crippen LogP contribution is 2.35. The summed E-state index contributed by atoms with van der Waals surface area (Å²) in [7, 11) is 0. The van der Waals surface area contributed by atoms with E-state index in [1.807, 2.05) is 25.1 Å². The van der Waals surface area contributed by atoms with Gasteiger partial charge in [0.05, 0.1) is 18.8 Å². The van der Waals surface area contributed by atoms with Crippen molar-refractivity contribution >= 4 is 5.91 Å². The van der Waals surface area contributed by atoms with E-state index < -0.39 is 0 Å². The van der Waals surface area contributed by atoms with Crippen LogP contribution in [0.4, 0.5) is 0 Å². The maximum Gasteiger partial charge on any atom is 0.223 e. The van der Waals surface area contributed by atoms with Crippen molar-refractivity contribution in [2.24, 2.45) is 0 Å². The Labute approximate surface area is 137 Å². The van der Waals surface area contributed by atoms with E-state index in [0.29, 0.717) is 37.0 Å². The number of hydrogen-bond acceptors (Lipinski definition) is 4. The second-order valence-electron chi connectivity index (χ2n) is 7.01. The third kappa shape index (κ3) is 2.88. The van der Waals surface area contributed by atoms with E-state index in [1.165, 1.54) is 0 Å². The average molecular weight is 315 g/mol. The van der Waals surface area contributed by atoms with Crippen molar-refractivity contribution in [3.8, 4) is 0 Å². The van der Waals surface area contributed by atoms with Crippen molar-refractivity contribution in [3.63, 3.8) is 0 Å². The molecule has 124 valence electrons. The molecular weight excluding hydrogens is 290 g/mol. The first-order chi connectivity index (χ1) is 11.2. The molecule has 0 bridgehead atoms. The molecule has 0 unspecified atom stereocenters. The van der Waals surface area contributed by atoms with Crippen LogP contribution in [0.15, 0.2) is 18.2 Å². The Balaban J connectivity index is 1.51. The second kappa shape index (κ2) is 6.21. The van der Waals surface area contributed by atoms with Crippen molar-refractivity contribution in [2.45, 2.75) is 57.3 Å². The summed E-state index contributed by atoms with van der Waals surface area (Å²) in [6, 6.07) is 7.46. The number of aryl methyl sites for hydroxylation is 1. The van der Waals surface area contributed by atoms with Gasteiger partial charge in [-0.3, -0.25) is 14.7 Å². The number of ether oxygens (including phenoxy) is 1. The zero-order valence-corrected chi connectivity index (χ0v) is 13.8. The molecule has 1 amide bonds. The van der Waals surface area contributed by atoms with E-state index in [0.717, 1.165) is 50.4 Å². The maximum atomic E-state index is 12.5. The highest BCUT2D eigenvalue weighted by molar-refractivity contribution is 5.77. The van der Waals surface area contributed by atoms with E-state index in [9.17, 15) is 4.79 Å². The minimum Gasteiger partial charge on any atom is -0.380 e. The van der Waals surface area contributed by atoms with Crippen LogP contribution in [0.2, 0.25) is 0 Å². The molecule has 0 aliphatic carbocycles. The Kier molecular flexibility index (Phi) is 4.07. The van der Waals surface area contributed by atoms with Crippen LogP contribution in [0.1, 0.15) is 37.1 Å². The molecule has 3 aliphatic heterocycles. The quantitative estimate of drug-likeness (QED) is 0.852. The van der Waals surface area contributed by atoms with Crippen molar-refractivity contribution in [1.82, 2.24) is 14.8 Å². The minimum absolute atomic E-state index is 0.291. The average Bonchev–Trinajstić information content (AvgIpc) is 3.19. The monoisotopic (exact) mass is 315 g/mol. The SMILES string of the molecule is Cc1cccc(CN2C(=O)CC[C@@H]3[C@H]2CCN3[C@@H]2CCOC2)n1. The van der Waals surface area contributed by atoms with E-state index >= 15 is 0 Å². The van der Waals surface area contributed by atoms with Crippen molar-refractivity contribution < 1.29 is 9.53 Å². The summed E-state index contributed by atoms with van der Waals surface area (Å²) < 4.78 is 5.57. The maximum absolute atomic E-state index is 12.5. The number of piperidine rings is 1. The summed E-state index contributed by atoms with van der Waals surface area (Å²) in [6.07, 6.45) is 3.88. The molecular formula is C18H25N3O2. The Morgan fingerprint density at radius 2 is 2.17 bits per heavy atom. The van der Waals surface area contributed by atoms with E-state index in [-0.39, 0.29) is 0 Å². The predicted octanol–water partition coefficient (Wildman–Crippen LogP) is 1.74. The normalized spacial score (nSPS) is 31.6. The Morgan fingerprint density at radius 1 is 1.26 bits per heavy atom. The Morgan fingerprint density at radius 3 is 2.96 bits per heavy atom. The fourth-order valence-corrected chi connectivity index (χ4v) is 4.49. The molecule has 1 aromatic heterocycles. The van der Waals surface area contributed by atoms with Gasteiger partial charge in [0, 0.05) is 43.4 Å². The third-order valence-corrected chi connectivity index (χ3v) is 5.58. The number of hydrogen-bond donors (Lipinski definition) is 0. The van der Waals surface area contributed by atoms with Gasteiger partial charge in [0.2, 0.25) is 5.91 Å². The van der Waals surface area contributed by atoms with Crippen molar-refractivity contribution in [2.75, 3.05) is 19.8 Å². The number of aromatic nitrogens is 1. The first-order valence-electron chi connectivity index (χ1n) is 8.78. The van der Waals surface area contributed by atoms with Gasteiger partial charge in [-0.05, 0) is 38.3 Å². The van der Waals surface area contributed by atoms with Crippen LogP contribution in [-0.2, 0) is 16.1 Å². The minimum atomic E-state index is 0.291. The lowest BCUT2D eigenvalue weighted by Gasteiger charge is -2.41. The van der Waals surface area contributed by atoms with E-state index in [1.54, 1.807) is 0 Å². The van der Waals surface area contributed by atoms with Gasteiger partial charge in [0.25, 0.3) is 0 Å². The Hall–Kier alpha value is -1.46. The topological polar surface area (TPSA) is 45.7 Å². The standard InChI is InChI=1S/C18H25N3O2/c1-13-3-2-4-14(19-13)11-21-17-7-9-20(15-8-10-23-12-15)16(17)5-6-18(21)22/h2-4,15-17H,5-12H2,1H3/t15-,16-,17-/m1/s1. The third-order valence-electron chi connectivity index (χ3n) is 5.58. The lowest BCUT2D eigenvalue weighted by molar-refractivity contribution is -0.138. The first kappa shape index (κ1) is 15.1. The lowest BCUT2D eigenvalue weighted by Crippen LogP contribution is -2.53. The Bertz CT molecular complexity index is 585. The molecule has 23 heavy (non-hydrogen) atoms. The fourth-order valence-electron chi connectivity index (χ4n) is 4.49. The summed E-state index contributed by atoms with van der Waals surface area (Å²) in [5.41, 5.74) is 2.02. The first-order valence-corrected chi connectivity index (χ1v) is 8.78. The van der Waals surface area contributed by atoms with Gasteiger partial charge in [-0.15, -0.1) is 0 Å². The molecule has 3 aliphatic rings. The molecule has 3 fully saturated rings. The van der Waals surface area contributed by atoms with Crippen LogP contribution in [0.5, 0.6) is 0 Å². The molecule has 1 aromatic rings. The number of fused-ring (bicyclic) bond motifs is 1. The summed E-state index contributed by atoms with van der Waals surface area (Å²) in [4.78, 5) is 21.8. The van der Waals surface area contributed by atoms with Gasteiger partial charge >= 0.3 is 0 Å². The van der Waals surface area contributed by atoms with Crippen LogP contribution >= 0.6 is 0 Å². The summed E-state index contributed by atoms with van der Waals surface area (Å²) in [5, 5.41) is 0. The molecule has 0 spiro atoms. The van der Waals surface area contributed by atoms with Crippen LogP contribution in [0, 0.1) is 6.92 Å². The highest BCUT2D eigenvalue weighted by Gasteiger charge is 2.45. The largest absolute Gasteiger partial charge is 0.380 e. The number of pyridine rings is 1. The number of carbonyl (C=O) groups is 1. The summed E-state index contributed by atoms with van der Waals surface area (Å²) in [5.74, 6) is 0.291. The van der Waals surface area contributed by atoms with Crippen LogP contribution in [-0.4, -0.2) is 58.6 Å². The van der Waals surface area contributed by atoms with Gasteiger partial charge in [0.1, 0.15) is 0 Å². The second-order valence-corrected chi connectivity index (χ2v) is 7.01. The van der Waals surface area contributed by atoms with Crippen LogP contribution in [0.25, 0.3) is 0 Å². The molecule has 4 rings (SSSR count). The molecule has 3 saturated heterocycles. The van der Waals surface area contributed by atoms with Crippen LogP contribution < -0.4 is 0 Å².